The maximum Gasteiger partial charge on any atom is 0.387 e. The van der Waals surface area contributed by atoms with Crippen LogP contribution in [-0.4, -0.2) is 6.61 Å². The lowest BCUT2D eigenvalue weighted by atomic mass is 10.1. The van der Waals surface area contributed by atoms with Gasteiger partial charge in [0.2, 0.25) is 0 Å². The number of hydrogen-bond donors (Lipinski definition) is 1. The van der Waals surface area contributed by atoms with Crippen molar-refractivity contribution in [1.29, 1.82) is 0 Å². The van der Waals surface area contributed by atoms with Gasteiger partial charge in [-0.25, -0.2) is 0 Å². The summed E-state index contributed by atoms with van der Waals surface area (Å²) in [7, 11) is 0. The largest absolute Gasteiger partial charge is 0.434 e. The Balaban J connectivity index is 2.60. The number of ether oxygens (including phenoxy) is 1. The van der Waals surface area contributed by atoms with Gasteiger partial charge in [-0.15, -0.1) is 0 Å². The van der Waals surface area contributed by atoms with E-state index in [2.05, 4.69) is 4.74 Å². The van der Waals surface area contributed by atoms with Crippen molar-refractivity contribution in [2.75, 3.05) is 5.73 Å². The van der Waals surface area contributed by atoms with Crippen molar-refractivity contribution in [3.8, 4) is 5.75 Å². The minimum absolute atomic E-state index is 0.112. The zero-order chi connectivity index (χ0) is 10.8. The van der Waals surface area contributed by atoms with Gasteiger partial charge in [-0.2, -0.15) is 8.78 Å². The lowest BCUT2D eigenvalue weighted by molar-refractivity contribution is -0.0487. The zero-order valence-corrected chi connectivity index (χ0v) is 7.78. The molecular weight excluding hydrogens is 200 g/mol. The van der Waals surface area contributed by atoms with Crippen LogP contribution in [0.3, 0.4) is 0 Å². The number of rotatable bonds is 2. The van der Waals surface area contributed by atoms with Gasteiger partial charge in [-0.1, -0.05) is 24.3 Å². The van der Waals surface area contributed by atoms with E-state index < -0.39 is 6.61 Å². The van der Waals surface area contributed by atoms with Gasteiger partial charge in [0.25, 0.3) is 0 Å². The summed E-state index contributed by atoms with van der Waals surface area (Å²) in [6.07, 6.45) is 0. The van der Waals surface area contributed by atoms with Gasteiger partial charge >= 0.3 is 6.61 Å². The third-order valence-electron chi connectivity index (χ3n) is 2.06. The van der Waals surface area contributed by atoms with Crippen LogP contribution in [0.1, 0.15) is 0 Å². The third kappa shape index (κ3) is 1.98. The molecule has 0 aromatic heterocycles. The topological polar surface area (TPSA) is 35.2 Å². The number of fused-ring (bicyclic) bond motifs is 1. The molecule has 0 radical (unpaired) electrons. The fraction of sp³-hybridized carbons (Fsp3) is 0.0909. The molecule has 0 saturated heterocycles. The number of halogens is 2. The molecule has 0 saturated carbocycles. The Morgan fingerprint density at radius 3 is 2.60 bits per heavy atom. The maximum absolute atomic E-state index is 12.1. The van der Waals surface area contributed by atoms with Crippen LogP contribution in [0.25, 0.3) is 10.8 Å². The Labute approximate surface area is 85.3 Å². The SMILES string of the molecule is Nc1cc(OC(F)F)c2ccccc2c1. The molecule has 0 unspecified atom stereocenters. The van der Waals surface area contributed by atoms with Gasteiger partial charge in [-0.05, 0) is 11.5 Å². The number of hydrogen-bond acceptors (Lipinski definition) is 2. The summed E-state index contributed by atoms with van der Waals surface area (Å²) >= 11 is 0. The highest BCUT2D eigenvalue weighted by molar-refractivity contribution is 5.91. The summed E-state index contributed by atoms with van der Waals surface area (Å²) in [4.78, 5) is 0. The summed E-state index contributed by atoms with van der Waals surface area (Å²) in [5.74, 6) is 0.112. The van der Waals surface area contributed by atoms with Crippen molar-refractivity contribution in [2.45, 2.75) is 6.61 Å². The summed E-state index contributed by atoms with van der Waals surface area (Å²) < 4.78 is 28.6. The molecule has 2 nitrogen and oxygen atoms in total. The number of nitrogen functional groups attached to an aromatic ring is 1. The Morgan fingerprint density at radius 2 is 1.87 bits per heavy atom. The van der Waals surface area contributed by atoms with Crippen molar-refractivity contribution in [3.63, 3.8) is 0 Å². The second-order valence-electron chi connectivity index (χ2n) is 3.12. The van der Waals surface area contributed by atoms with E-state index in [0.29, 0.717) is 11.1 Å². The van der Waals surface area contributed by atoms with Crippen LogP contribution in [0.4, 0.5) is 14.5 Å². The van der Waals surface area contributed by atoms with Crippen LogP contribution >= 0.6 is 0 Å². The van der Waals surface area contributed by atoms with E-state index in [9.17, 15) is 8.78 Å². The van der Waals surface area contributed by atoms with E-state index in [4.69, 9.17) is 5.73 Å². The Morgan fingerprint density at radius 1 is 1.13 bits per heavy atom. The highest BCUT2D eigenvalue weighted by Gasteiger charge is 2.08. The minimum Gasteiger partial charge on any atom is -0.434 e. The average Bonchev–Trinajstić information content (AvgIpc) is 2.16. The molecule has 0 atom stereocenters. The monoisotopic (exact) mass is 209 g/mol. The summed E-state index contributed by atoms with van der Waals surface area (Å²) in [5.41, 5.74) is 5.98. The molecule has 0 fully saturated rings. The van der Waals surface area contributed by atoms with Gasteiger partial charge < -0.3 is 10.5 Å². The van der Waals surface area contributed by atoms with E-state index in [0.717, 1.165) is 5.39 Å². The maximum atomic E-state index is 12.1. The predicted molar refractivity (Wildman–Crippen MR) is 55.0 cm³/mol. The molecule has 0 aliphatic carbocycles. The second kappa shape index (κ2) is 3.73. The first-order chi connectivity index (χ1) is 7.16. The van der Waals surface area contributed by atoms with Gasteiger partial charge in [0.05, 0.1) is 0 Å². The van der Waals surface area contributed by atoms with Crippen molar-refractivity contribution in [3.05, 3.63) is 36.4 Å². The summed E-state index contributed by atoms with van der Waals surface area (Å²) in [6.45, 7) is -2.84. The van der Waals surface area contributed by atoms with Gasteiger partial charge in [0.1, 0.15) is 5.75 Å². The number of anilines is 1. The standard InChI is InChI=1S/C11H9F2NO/c12-11(13)15-10-6-8(14)5-7-3-1-2-4-9(7)10/h1-6,11H,14H2. The molecule has 78 valence electrons. The van der Waals surface area contributed by atoms with Gasteiger partial charge in [0, 0.05) is 17.1 Å². The van der Waals surface area contributed by atoms with Gasteiger partial charge in [-0.3, -0.25) is 0 Å². The molecule has 0 amide bonds. The molecule has 0 spiro atoms. The van der Waals surface area contributed by atoms with E-state index in [1.165, 1.54) is 6.07 Å². The predicted octanol–water partition coefficient (Wildman–Crippen LogP) is 3.02. The summed E-state index contributed by atoms with van der Waals surface area (Å²) in [5, 5.41) is 1.42. The first-order valence-corrected chi connectivity index (χ1v) is 4.40. The molecule has 2 N–H and O–H groups in total. The van der Waals surface area contributed by atoms with Crippen LogP contribution in [0.15, 0.2) is 36.4 Å². The summed E-state index contributed by atoms with van der Waals surface area (Å²) in [6, 6.07) is 10.2. The number of alkyl halides is 2. The lowest BCUT2D eigenvalue weighted by Gasteiger charge is -2.09. The minimum atomic E-state index is -2.84. The highest BCUT2D eigenvalue weighted by atomic mass is 19.3. The first kappa shape index (κ1) is 9.71. The highest BCUT2D eigenvalue weighted by Crippen LogP contribution is 2.29. The van der Waals surface area contributed by atoms with E-state index in [-0.39, 0.29) is 5.75 Å². The quantitative estimate of drug-likeness (QED) is 0.771. The van der Waals surface area contributed by atoms with E-state index in [1.54, 1.807) is 24.3 Å². The van der Waals surface area contributed by atoms with Crippen molar-refractivity contribution in [1.82, 2.24) is 0 Å². The molecule has 0 aliphatic rings. The second-order valence-corrected chi connectivity index (χ2v) is 3.12. The average molecular weight is 209 g/mol. The molecule has 15 heavy (non-hydrogen) atoms. The fourth-order valence-electron chi connectivity index (χ4n) is 1.49. The smallest absolute Gasteiger partial charge is 0.387 e. The van der Waals surface area contributed by atoms with Crippen LogP contribution < -0.4 is 10.5 Å². The molecule has 2 aromatic carbocycles. The number of nitrogens with two attached hydrogens (primary N) is 1. The molecule has 0 aliphatic heterocycles. The lowest BCUT2D eigenvalue weighted by Crippen LogP contribution is -2.02. The molecule has 0 bridgehead atoms. The Hall–Kier alpha value is -1.84. The molecule has 0 heterocycles. The first-order valence-electron chi connectivity index (χ1n) is 4.40. The molecule has 2 aromatic rings. The molecular formula is C11H9F2NO. The van der Waals surface area contributed by atoms with E-state index >= 15 is 0 Å². The molecule has 4 heteroatoms. The van der Waals surface area contributed by atoms with Crippen molar-refractivity contribution >= 4 is 16.5 Å². The van der Waals surface area contributed by atoms with Gasteiger partial charge in [0.15, 0.2) is 0 Å². The van der Waals surface area contributed by atoms with Crippen LogP contribution in [0.2, 0.25) is 0 Å². The van der Waals surface area contributed by atoms with Crippen LogP contribution in [0, 0.1) is 0 Å². The third-order valence-corrected chi connectivity index (χ3v) is 2.06. The van der Waals surface area contributed by atoms with E-state index in [1.807, 2.05) is 6.07 Å². The Kier molecular flexibility index (Phi) is 2.41. The zero-order valence-electron chi connectivity index (χ0n) is 7.78. The normalized spacial score (nSPS) is 10.9. The number of benzene rings is 2. The fourth-order valence-corrected chi connectivity index (χ4v) is 1.49. The van der Waals surface area contributed by atoms with Crippen LogP contribution in [-0.2, 0) is 0 Å². The molecule has 2 rings (SSSR count). The van der Waals surface area contributed by atoms with Crippen LogP contribution in [0.5, 0.6) is 5.75 Å². The van der Waals surface area contributed by atoms with Crippen molar-refractivity contribution < 1.29 is 13.5 Å². The Bertz CT molecular complexity index is 485. The van der Waals surface area contributed by atoms with Crippen molar-refractivity contribution in [2.24, 2.45) is 0 Å².